The molecule has 0 fully saturated rings. The van der Waals surface area contributed by atoms with Gasteiger partial charge in [-0.2, -0.15) is 0 Å². The maximum atomic E-state index is 12.4. The average Bonchev–Trinajstić information content (AvgIpc) is 2.94. The summed E-state index contributed by atoms with van der Waals surface area (Å²) in [6, 6.07) is 8.73. The maximum absolute atomic E-state index is 12.4. The molecule has 114 valence electrons. The minimum atomic E-state index is -0.808. The third kappa shape index (κ3) is 2.62. The van der Waals surface area contributed by atoms with Gasteiger partial charge in [-0.15, -0.1) is 11.3 Å². The number of amides is 2. The number of para-hydroxylation sites is 2. The van der Waals surface area contributed by atoms with E-state index >= 15 is 0 Å². The Kier molecular flexibility index (Phi) is 3.72. The van der Waals surface area contributed by atoms with E-state index in [2.05, 4.69) is 5.32 Å². The molecule has 2 aromatic rings. The van der Waals surface area contributed by atoms with Crippen molar-refractivity contribution in [2.45, 2.75) is 19.1 Å². The van der Waals surface area contributed by atoms with Gasteiger partial charge in [0.1, 0.15) is 11.1 Å². The predicted molar refractivity (Wildman–Crippen MR) is 82.4 cm³/mol. The van der Waals surface area contributed by atoms with Crippen LogP contribution in [0.1, 0.15) is 17.3 Å². The molecule has 0 saturated carbocycles. The second-order valence-corrected chi connectivity index (χ2v) is 5.74. The van der Waals surface area contributed by atoms with Crippen LogP contribution >= 0.6 is 11.3 Å². The minimum Gasteiger partial charge on any atom is -0.482 e. The Morgan fingerprint density at radius 2 is 1.86 bits per heavy atom. The van der Waals surface area contributed by atoms with E-state index < -0.39 is 18.1 Å². The molecule has 0 unspecified atom stereocenters. The van der Waals surface area contributed by atoms with Crippen molar-refractivity contribution in [3.05, 3.63) is 41.3 Å². The number of hydrogen-bond donors (Lipinski definition) is 2. The van der Waals surface area contributed by atoms with Crippen LogP contribution in [0.3, 0.4) is 0 Å². The molecule has 22 heavy (non-hydrogen) atoms. The van der Waals surface area contributed by atoms with Gasteiger partial charge in [0, 0.05) is 0 Å². The van der Waals surface area contributed by atoms with Gasteiger partial charge in [0.05, 0.1) is 5.56 Å². The quantitative estimate of drug-likeness (QED) is 0.906. The lowest BCUT2D eigenvalue weighted by molar-refractivity contribution is -0.127. The van der Waals surface area contributed by atoms with E-state index in [4.69, 9.17) is 15.2 Å². The molecule has 1 aromatic carbocycles. The molecule has 1 aliphatic rings. The van der Waals surface area contributed by atoms with E-state index in [1.54, 1.807) is 36.6 Å². The van der Waals surface area contributed by atoms with Crippen LogP contribution in [0.4, 0.5) is 5.00 Å². The fourth-order valence-corrected chi connectivity index (χ4v) is 2.98. The van der Waals surface area contributed by atoms with Gasteiger partial charge < -0.3 is 20.5 Å². The molecular formula is C15H14N2O4S. The summed E-state index contributed by atoms with van der Waals surface area (Å²) in [4.78, 5) is 23.7. The molecular weight excluding hydrogens is 304 g/mol. The lowest BCUT2D eigenvalue weighted by Crippen LogP contribution is -2.46. The number of primary amides is 1. The molecule has 2 atom stereocenters. The van der Waals surface area contributed by atoms with Crippen LogP contribution in [-0.4, -0.2) is 24.0 Å². The predicted octanol–water partition coefficient (Wildman–Crippen LogP) is 2.01. The minimum absolute atomic E-state index is 0.281. The van der Waals surface area contributed by atoms with Crippen LogP contribution in [0.15, 0.2) is 35.7 Å². The summed E-state index contributed by atoms with van der Waals surface area (Å²) in [5, 5.41) is 4.77. The summed E-state index contributed by atoms with van der Waals surface area (Å²) < 4.78 is 11.4. The first-order valence-electron chi connectivity index (χ1n) is 6.67. The molecule has 0 bridgehead atoms. The number of ether oxygens (including phenoxy) is 2. The summed E-state index contributed by atoms with van der Waals surface area (Å²) in [5.74, 6) is 0.151. The Balaban J connectivity index is 1.78. The molecule has 0 aliphatic carbocycles. The highest BCUT2D eigenvalue weighted by molar-refractivity contribution is 7.14. The van der Waals surface area contributed by atoms with Gasteiger partial charge >= 0.3 is 0 Å². The van der Waals surface area contributed by atoms with E-state index in [-0.39, 0.29) is 11.5 Å². The molecule has 2 amide bonds. The molecule has 3 rings (SSSR count). The van der Waals surface area contributed by atoms with Gasteiger partial charge in [-0.1, -0.05) is 12.1 Å². The topological polar surface area (TPSA) is 90.7 Å². The van der Waals surface area contributed by atoms with Gasteiger partial charge in [0.15, 0.2) is 11.5 Å². The number of hydrogen-bond acceptors (Lipinski definition) is 5. The van der Waals surface area contributed by atoms with Gasteiger partial charge in [-0.25, -0.2) is 0 Å². The molecule has 1 aliphatic heterocycles. The molecule has 3 N–H and O–H groups in total. The van der Waals surface area contributed by atoms with Crippen LogP contribution in [0.5, 0.6) is 11.5 Å². The molecule has 0 saturated heterocycles. The van der Waals surface area contributed by atoms with Crippen molar-refractivity contribution >= 4 is 28.2 Å². The third-order valence-corrected chi connectivity index (χ3v) is 4.10. The Labute approximate surface area is 130 Å². The molecule has 0 spiro atoms. The number of nitrogens with two attached hydrogens (primary N) is 1. The van der Waals surface area contributed by atoms with Gasteiger partial charge in [-0.05, 0) is 30.5 Å². The summed E-state index contributed by atoms with van der Waals surface area (Å²) in [6.45, 7) is 1.75. The van der Waals surface area contributed by atoms with Crippen molar-refractivity contribution in [1.29, 1.82) is 0 Å². The van der Waals surface area contributed by atoms with Crippen molar-refractivity contribution in [3.63, 3.8) is 0 Å². The van der Waals surface area contributed by atoms with Crippen molar-refractivity contribution in [2.75, 3.05) is 5.32 Å². The monoisotopic (exact) mass is 318 g/mol. The number of thiophene rings is 1. The SMILES string of the molecule is C[C@@H]1Oc2ccccc2O[C@@H]1C(=O)Nc1sccc1C(N)=O. The number of benzene rings is 1. The fourth-order valence-electron chi connectivity index (χ4n) is 2.19. The number of nitrogens with one attached hydrogen (secondary N) is 1. The summed E-state index contributed by atoms with van der Waals surface area (Å²) >= 11 is 1.23. The molecule has 2 heterocycles. The molecule has 1 aromatic heterocycles. The standard InChI is InChI=1S/C15H14N2O4S/c1-8-12(21-11-5-3-2-4-10(11)20-8)14(19)17-15-9(13(16)18)6-7-22-15/h2-8,12H,1H3,(H2,16,18)(H,17,19)/t8-,12-/m0/s1. The van der Waals surface area contributed by atoms with Crippen molar-refractivity contribution in [1.82, 2.24) is 0 Å². The zero-order chi connectivity index (χ0) is 15.7. The van der Waals surface area contributed by atoms with E-state index in [0.29, 0.717) is 16.5 Å². The second kappa shape index (κ2) is 5.69. The number of carbonyl (C=O) groups is 2. The largest absolute Gasteiger partial charge is 0.482 e. The normalized spacial score (nSPS) is 19.5. The van der Waals surface area contributed by atoms with E-state index in [9.17, 15) is 9.59 Å². The zero-order valence-corrected chi connectivity index (χ0v) is 12.6. The molecule has 7 heteroatoms. The first-order chi connectivity index (χ1) is 10.6. The summed E-state index contributed by atoms with van der Waals surface area (Å²) in [7, 11) is 0. The van der Waals surface area contributed by atoms with E-state index in [1.165, 1.54) is 11.3 Å². The number of fused-ring (bicyclic) bond motifs is 1. The van der Waals surface area contributed by atoms with Crippen LogP contribution in [0, 0.1) is 0 Å². The Morgan fingerprint density at radius 3 is 2.55 bits per heavy atom. The van der Waals surface area contributed by atoms with Crippen molar-refractivity contribution < 1.29 is 19.1 Å². The highest BCUT2D eigenvalue weighted by Crippen LogP contribution is 2.34. The van der Waals surface area contributed by atoms with E-state index in [1.807, 2.05) is 6.07 Å². The van der Waals surface area contributed by atoms with E-state index in [0.717, 1.165) is 0 Å². The van der Waals surface area contributed by atoms with Crippen molar-refractivity contribution in [2.24, 2.45) is 5.73 Å². The molecule has 0 radical (unpaired) electrons. The van der Waals surface area contributed by atoms with Crippen LogP contribution < -0.4 is 20.5 Å². The van der Waals surface area contributed by atoms with Crippen LogP contribution in [0.2, 0.25) is 0 Å². The zero-order valence-electron chi connectivity index (χ0n) is 11.7. The second-order valence-electron chi connectivity index (χ2n) is 4.83. The first-order valence-corrected chi connectivity index (χ1v) is 7.54. The number of anilines is 1. The molecule has 6 nitrogen and oxygen atoms in total. The summed E-state index contributed by atoms with van der Waals surface area (Å²) in [6.07, 6.45) is -1.26. The number of carbonyl (C=O) groups excluding carboxylic acids is 2. The lowest BCUT2D eigenvalue weighted by Gasteiger charge is -2.30. The lowest BCUT2D eigenvalue weighted by atomic mass is 10.1. The Hall–Kier alpha value is -2.54. The number of rotatable bonds is 3. The van der Waals surface area contributed by atoms with Crippen LogP contribution in [-0.2, 0) is 4.79 Å². The van der Waals surface area contributed by atoms with Crippen molar-refractivity contribution in [3.8, 4) is 11.5 Å². The van der Waals surface area contributed by atoms with Gasteiger partial charge in [-0.3, -0.25) is 9.59 Å². The van der Waals surface area contributed by atoms with Crippen LogP contribution in [0.25, 0.3) is 0 Å². The summed E-state index contributed by atoms with van der Waals surface area (Å²) in [5.41, 5.74) is 5.54. The first kappa shape index (κ1) is 14.4. The smallest absolute Gasteiger partial charge is 0.269 e. The Morgan fingerprint density at radius 1 is 1.18 bits per heavy atom. The highest BCUT2D eigenvalue weighted by atomic mass is 32.1. The average molecular weight is 318 g/mol. The van der Waals surface area contributed by atoms with Gasteiger partial charge in [0.25, 0.3) is 11.8 Å². The highest BCUT2D eigenvalue weighted by Gasteiger charge is 2.34. The third-order valence-electron chi connectivity index (χ3n) is 3.27. The Bertz CT molecular complexity index is 728. The fraction of sp³-hybridized carbons (Fsp3) is 0.200. The maximum Gasteiger partial charge on any atom is 0.269 e. The van der Waals surface area contributed by atoms with Gasteiger partial charge in [0.2, 0.25) is 6.10 Å².